The molecular formula is C22H21N5O3S. The van der Waals surface area contributed by atoms with E-state index in [1.54, 1.807) is 13.0 Å². The number of pyridine rings is 1. The predicted molar refractivity (Wildman–Crippen MR) is 120 cm³/mol. The molecule has 0 aliphatic rings. The third kappa shape index (κ3) is 4.31. The van der Waals surface area contributed by atoms with Crippen LogP contribution in [0.15, 0.2) is 40.2 Å². The molecule has 3 aromatic heterocycles. The van der Waals surface area contributed by atoms with E-state index in [2.05, 4.69) is 25.8 Å². The largest absolute Gasteiger partial charge is 0.336 e. The molecule has 31 heavy (non-hydrogen) atoms. The van der Waals surface area contributed by atoms with Crippen LogP contribution in [0, 0.1) is 6.92 Å². The first-order valence-electron chi connectivity index (χ1n) is 9.73. The van der Waals surface area contributed by atoms with Gasteiger partial charge in [0.1, 0.15) is 0 Å². The van der Waals surface area contributed by atoms with E-state index in [1.165, 1.54) is 18.3 Å². The molecule has 0 spiro atoms. The maximum atomic E-state index is 13.1. The van der Waals surface area contributed by atoms with Crippen LogP contribution in [0.5, 0.6) is 0 Å². The lowest BCUT2D eigenvalue weighted by Crippen LogP contribution is -2.13. The van der Waals surface area contributed by atoms with E-state index in [-0.39, 0.29) is 17.7 Å². The molecule has 2 N–H and O–H groups in total. The zero-order valence-electron chi connectivity index (χ0n) is 17.5. The maximum Gasteiger partial charge on any atom is 0.259 e. The standard InChI is InChI=1S/C22H21N5O3S/c1-11(2)17-9-16(19-12(3)27-30-21(19)24-17)20(29)26-22-25-18(10-31-22)14-5-7-15(8-6-14)23-13(4)28/h5-11H,1-4H3,(H,23,28)(H,25,26,29). The number of aryl methyl sites for hydroxylation is 1. The highest BCUT2D eigenvalue weighted by molar-refractivity contribution is 7.14. The topological polar surface area (TPSA) is 110 Å². The van der Waals surface area contributed by atoms with Gasteiger partial charge in [0.15, 0.2) is 5.13 Å². The summed E-state index contributed by atoms with van der Waals surface area (Å²) in [7, 11) is 0. The highest BCUT2D eigenvalue weighted by Crippen LogP contribution is 2.29. The minimum atomic E-state index is -0.289. The number of anilines is 2. The van der Waals surface area contributed by atoms with Crippen molar-refractivity contribution in [3.8, 4) is 11.3 Å². The summed E-state index contributed by atoms with van der Waals surface area (Å²) in [5, 5.41) is 12.5. The molecule has 0 radical (unpaired) electrons. The number of rotatable bonds is 5. The number of nitrogens with one attached hydrogen (secondary N) is 2. The summed E-state index contributed by atoms with van der Waals surface area (Å²) < 4.78 is 5.30. The van der Waals surface area contributed by atoms with Crippen molar-refractivity contribution in [2.45, 2.75) is 33.6 Å². The van der Waals surface area contributed by atoms with Crippen LogP contribution in [0.3, 0.4) is 0 Å². The Morgan fingerprint density at radius 2 is 1.84 bits per heavy atom. The molecule has 0 fully saturated rings. The average molecular weight is 436 g/mol. The third-order valence-electron chi connectivity index (χ3n) is 4.70. The van der Waals surface area contributed by atoms with Crippen LogP contribution in [0.2, 0.25) is 0 Å². The van der Waals surface area contributed by atoms with Gasteiger partial charge in [0.05, 0.1) is 22.3 Å². The molecule has 8 nitrogen and oxygen atoms in total. The maximum absolute atomic E-state index is 13.1. The van der Waals surface area contributed by atoms with Crippen LogP contribution in [-0.4, -0.2) is 26.9 Å². The van der Waals surface area contributed by atoms with E-state index in [0.29, 0.717) is 33.2 Å². The molecular weight excluding hydrogens is 414 g/mol. The van der Waals surface area contributed by atoms with Crippen molar-refractivity contribution >= 4 is 45.1 Å². The number of amides is 2. The van der Waals surface area contributed by atoms with Crippen molar-refractivity contribution in [1.29, 1.82) is 0 Å². The lowest BCUT2D eigenvalue weighted by Gasteiger charge is -2.08. The minimum Gasteiger partial charge on any atom is -0.336 e. The van der Waals surface area contributed by atoms with E-state index in [1.807, 2.05) is 43.5 Å². The van der Waals surface area contributed by atoms with Crippen LogP contribution in [0.4, 0.5) is 10.8 Å². The molecule has 0 aliphatic heterocycles. The number of fused-ring (bicyclic) bond motifs is 1. The molecule has 2 amide bonds. The number of hydrogen-bond acceptors (Lipinski definition) is 7. The van der Waals surface area contributed by atoms with Crippen LogP contribution >= 0.6 is 11.3 Å². The van der Waals surface area contributed by atoms with Crippen molar-refractivity contribution in [3.63, 3.8) is 0 Å². The Morgan fingerprint density at radius 1 is 1.10 bits per heavy atom. The van der Waals surface area contributed by atoms with Crippen LogP contribution in [-0.2, 0) is 4.79 Å². The SMILES string of the molecule is CC(=O)Nc1ccc(-c2csc(NC(=O)c3cc(C(C)C)nc4onc(C)c34)n2)cc1. The minimum absolute atomic E-state index is 0.125. The Balaban J connectivity index is 1.58. The molecule has 158 valence electrons. The first-order valence-corrected chi connectivity index (χ1v) is 10.6. The molecule has 4 aromatic rings. The fourth-order valence-electron chi connectivity index (χ4n) is 3.14. The smallest absolute Gasteiger partial charge is 0.259 e. The molecule has 0 unspecified atom stereocenters. The zero-order chi connectivity index (χ0) is 22.1. The molecule has 9 heteroatoms. The predicted octanol–water partition coefficient (Wildman–Crippen LogP) is 4.99. The van der Waals surface area contributed by atoms with Gasteiger partial charge in [-0.2, -0.15) is 0 Å². The van der Waals surface area contributed by atoms with Crippen molar-refractivity contribution < 1.29 is 14.1 Å². The fraction of sp³-hybridized carbons (Fsp3) is 0.227. The molecule has 0 aliphatic carbocycles. The van der Waals surface area contributed by atoms with Crippen molar-refractivity contribution in [1.82, 2.24) is 15.1 Å². The van der Waals surface area contributed by atoms with Gasteiger partial charge in [0, 0.05) is 29.2 Å². The normalized spacial score (nSPS) is 11.1. The number of benzene rings is 1. The van der Waals surface area contributed by atoms with E-state index in [4.69, 9.17) is 4.52 Å². The molecule has 0 saturated heterocycles. The van der Waals surface area contributed by atoms with E-state index >= 15 is 0 Å². The summed E-state index contributed by atoms with van der Waals surface area (Å²) in [6, 6.07) is 9.14. The van der Waals surface area contributed by atoms with Crippen LogP contribution in [0.25, 0.3) is 22.4 Å². The number of thiazole rings is 1. The summed E-state index contributed by atoms with van der Waals surface area (Å²) in [6.07, 6.45) is 0. The average Bonchev–Trinajstić information content (AvgIpc) is 3.34. The molecule has 3 heterocycles. The Bertz CT molecular complexity index is 1270. The number of nitrogens with zero attached hydrogens (tertiary/aromatic N) is 3. The Kier molecular flexibility index (Phi) is 5.51. The van der Waals surface area contributed by atoms with Gasteiger partial charge in [-0.15, -0.1) is 11.3 Å². The quantitative estimate of drug-likeness (QED) is 0.457. The highest BCUT2D eigenvalue weighted by atomic mass is 32.1. The molecule has 0 saturated carbocycles. The van der Waals surface area contributed by atoms with Gasteiger partial charge in [-0.1, -0.05) is 31.1 Å². The van der Waals surface area contributed by atoms with Gasteiger partial charge >= 0.3 is 0 Å². The Labute approximate surface area is 182 Å². The molecule has 0 atom stereocenters. The molecule has 4 rings (SSSR count). The second-order valence-corrected chi connectivity index (χ2v) is 8.31. The Hall–Kier alpha value is -3.59. The van der Waals surface area contributed by atoms with E-state index in [0.717, 1.165) is 17.0 Å². The van der Waals surface area contributed by atoms with Crippen LogP contribution < -0.4 is 10.6 Å². The van der Waals surface area contributed by atoms with Crippen molar-refractivity contribution in [3.05, 3.63) is 52.7 Å². The lowest BCUT2D eigenvalue weighted by molar-refractivity contribution is -0.114. The molecule has 1 aromatic carbocycles. The first-order chi connectivity index (χ1) is 14.8. The first kappa shape index (κ1) is 20.7. The van der Waals surface area contributed by atoms with Crippen LogP contribution in [0.1, 0.15) is 48.4 Å². The second-order valence-electron chi connectivity index (χ2n) is 7.45. The zero-order valence-corrected chi connectivity index (χ0v) is 18.3. The van der Waals surface area contributed by atoms with Gasteiger partial charge in [-0.05, 0) is 31.0 Å². The lowest BCUT2D eigenvalue weighted by atomic mass is 10.0. The second kappa shape index (κ2) is 8.27. The van der Waals surface area contributed by atoms with E-state index < -0.39 is 0 Å². The van der Waals surface area contributed by atoms with Crippen molar-refractivity contribution in [2.24, 2.45) is 0 Å². The highest BCUT2D eigenvalue weighted by Gasteiger charge is 2.20. The number of carbonyl (C=O) groups excluding carboxylic acids is 2. The monoisotopic (exact) mass is 435 g/mol. The number of aromatic nitrogens is 3. The van der Waals surface area contributed by atoms with Gasteiger partial charge in [-0.3, -0.25) is 14.9 Å². The van der Waals surface area contributed by atoms with Gasteiger partial charge < -0.3 is 9.84 Å². The third-order valence-corrected chi connectivity index (χ3v) is 5.46. The summed E-state index contributed by atoms with van der Waals surface area (Å²) in [5.41, 5.74) is 4.52. The van der Waals surface area contributed by atoms with Gasteiger partial charge in [0.25, 0.3) is 11.6 Å². The van der Waals surface area contributed by atoms with Gasteiger partial charge in [-0.25, -0.2) is 9.97 Å². The number of carbonyl (C=O) groups is 2. The Morgan fingerprint density at radius 3 is 2.52 bits per heavy atom. The van der Waals surface area contributed by atoms with E-state index in [9.17, 15) is 9.59 Å². The van der Waals surface area contributed by atoms with Crippen molar-refractivity contribution in [2.75, 3.05) is 10.6 Å². The molecule has 0 bridgehead atoms. The summed E-state index contributed by atoms with van der Waals surface area (Å²) in [5.74, 6) is -0.281. The summed E-state index contributed by atoms with van der Waals surface area (Å²) >= 11 is 1.34. The summed E-state index contributed by atoms with van der Waals surface area (Å²) in [6.45, 7) is 7.25. The summed E-state index contributed by atoms with van der Waals surface area (Å²) in [4.78, 5) is 33.2. The number of hydrogen-bond donors (Lipinski definition) is 2. The fourth-order valence-corrected chi connectivity index (χ4v) is 3.86. The van der Waals surface area contributed by atoms with Gasteiger partial charge in [0.2, 0.25) is 5.91 Å².